The van der Waals surface area contributed by atoms with E-state index in [1.165, 1.54) is 11.8 Å². The largest absolute Gasteiger partial charge is 0.478 e. The Labute approximate surface area is 84.8 Å². The molecule has 0 spiro atoms. The zero-order chi connectivity index (χ0) is 10.7. The molecule has 3 N–H and O–H groups in total. The Morgan fingerprint density at radius 2 is 2.36 bits per heavy atom. The van der Waals surface area contributed by atoms with Crippen molar-refractivity contribution in [1.82, 2.24) is 14.8 Å². The van der Waals surface area contributed by atoms with Crippen molar-refractivity contribution in [1.29, 1.82) is 0 Å². The predicted molar refractivity (Wildman–Crippen MR) is 52.9 cm³/mol. The zero-order valence-electron chi connectivity index (χ0n) is 7.60. The van der Waals surface area contributed by atoms with Crippen molar-refractivity contribution in [2.24, 2.45) is 7.05 Å². The molecule has 1 heterocycles. The number of hydrogen-bond donors (Lipinski definition) is 2. The van der Waals surface area contributed by atoms with Gasteiger partial charge in [-0.3, -0.25) is 4.57 Å². The topological polar surface area (TPSA) is 94.0 Å². The van der Waals surface area contributed by atoms with E-state index in [1.54, 1.807) is 11.6 Å². The first-order valence-corrected chi connectivity index (χ1v) is 4.69. The molecule has 1 rings (SSSR count). The number of nitrogens with two attached hydrogens (primary N) is 1. The number of rotatable bonds is 4. The zero-order valence-corrected chi connectivity index (χ0v) is 8.41. The van der Waals surface area contributed by atoms with Gasteiger partial charge in [0.25, 0.3) is 0 Å². The minimum absolute atomic E-state index is 0.122. The van der Waals surface area contributed by atoms with E-state index in [0.29, 0.717) is 11.1 Å². The maximum atomic E-state index is 10.4. The van der Waals surface area contributed by atoms with Gasteiger partial charge in [0.05, 0.1) is 0 Å². The molecule has 0 radical (unpaired) electrons. The first-order valence-electron chi connectivity index (χ1n) is 3.71. The molecule has 0 atom stereocenters. The highest BCUT2D eigenvalue weighted by Gasteiger charge is 2.09. The van der Waals surface area contributed by atoms with Crippen molar-refractivity contribution in [3.8, 4) is 0 Å². The normalized spacial score (nSPS) is 10.1. The number of anilines is 1. The lowest BCUT2D eigenvalue weighted by Gasteiger charge is -2.00. The number of aromatic nitrogens is 3. The standard InChI is InChI=1S/C7H10N4O2S/c1-4(5(12)13)3-14-7-10-9-6(8)11(7)2/h1,3H2,2H3,(H2,8,9)(H,12,13). The van der Waals surface area contributed by atoms with Gasteiger partial charge >= 0.3 is 5.97 Å². The molecule has 0 aliphatic rings. The van der Waals surface area contributed by atoms with E-state index in [9.17, 15) is 4.79 Å². The molecule has 1 aromatic heterocycles. The third kappa shape index (κ3) is 2.25. The van der Waals surface area contributed by atoms with Crippen LogP contribution in [0.1, 0.15) is 0 Å². The maximum absolute atomic E-state index is 10.4. The third-order valence-corrected chi connectivity index (χ3v) is 2.65. The molecule has 6 nitrogen and oxygen atoms in total. The summed E-state index contributed by atoms with van der Waals surface area (Å²) in [6, 6.07) is 0. The minimum Gasteiger partial charge on any atom is -0.478 e. The monoisotopic (exact) mass is 214 g/mol. The highest BCUT2D eigenvalue weighted by Crippen LogP contribution is 2.18. The van der Waals surface area contributed by atoms with Crippen LogP contribution >= 0.6 is 11.8 Å². The van der Waals surface area contributed by atoms with E-state index in [2.05, 4.69) is 16.8 Å². The number of aliphatic carboxylic acids is 1. The summed E-state index contributed by atoms with van der Waals surface area (Å²) in [6.45, 7) is 3.40. The summed E-state index contributed by atoms with van der Waals surface area (Å²) < 4.78 is 1.58. The van der Waals surface area contributed by atoms with Gasteiger partial charge < -0.3 is 10.8 Å². The summed E-state index contributed by atoms with van der Waals surface area (Å²) in [6.07, 6.45) is 0. The van der Waals surface area contributed by atoms with Gasteiger partial charge in [0.2, 0.25) is 5.95 Å². The fourth-order valence-corrected chi connectivity index (χ4v) is 1.48. The van der Waals surface area contributed by atoms with E-state index in [1.807, 2.05) is 0 Å². The molecule has 0 amide bonds. The van der Waals surface area contributed by atoms with Gasteiger partial charge in [0.15, 0.2) is 5.16 Å². The average molecular weight is 214 g/mol. The first kappa shape index (κ1) is 10.6. The third-order valence-electron chi connectivity index (χ3n) is 1.55. The van der Waals surface area contributed by atoms with Crippen LogP contribution < -0.4 is 5.73 Å². The van der Waals surface area contributed by atoms with Crippen LogP contribution in [0.3, 0.4) is 0 Å². The van der Waals surface area contributed by atoms with Gasteiger partial charge in [0, 0.05) is 18.4 Å². The molecule has 0 saturated carbocycles. The second-order valence-corrected chi connectivity index (χ2v) is 3.54. The van der Waals surface area contributed by atoms with Crippen LogP contribution in [-0.4, -0.2) is 31.6 Å². The molecule has 14 heavy (non-hydrogen) atoms. The van der Waals surface area contributed by atoms with Crippen molar-refractivity contribution < 1.29 is 9.90 Å². The van der Waals surface area contributed by atoms with Crippen molar-refractivity contribution in [2.45, 2.75) is 5.16 Å². The van der Waals surface area contributed by atoms with E-state index in [-0.39, 0.29) is 11.3 Å². The number of nitrogen functional groups attached to an aromatic ring is 1. The lowest BCUT2D eigenvalue weighted by atomic mass is 10.4. The van der Waals surface area contributed by atoms with Crippen molar-refractivity contribution in [3.05, 3.63) is 12.2 Å². The Morgan fingerprint density at radius 3 is 2.79 bits per heavy atom. The Morgan fingerprint density at radius 1 is 1.71 bits per heavy atom. The van der Waals surface area contributed by atoms with Crippen molar-refractivity contribution in [2.75, 3.05) is 11.5 Å². The second-order valence-electron chi connectivity index (χ2n) is 2.60. The smallest absolute Gasteiger partial charge is 0.331 e. The number of hydrogen-bond acceptors (Lipinski definition) is 5. The molecule has 0 saturated heterocycles. The van der Waals surface area contributed by atoms with Gasteiger partial charge in [-0.2, -0.15) is 0 Å². The summed E-state index contributed by atoms with van der Waals surface area (Å²) in [7, 11) is 1.71. The molecular weight excluding hydrogens is 204 g/mol. The van der Waals surface area contributed by atoms with Crippen LogP contribution in [0.5, 0.6) is 0 Å². The second kappa shape index (κ2) is 4.14. The Kier molecular flexibility index (Phi) is 3.13. The molecule has 0 bridgehead atoms. The lowest BCUT2D eigenvalue weighted by Crippen LogP contribution is -2.03. The van der Waals surface area contributed by atoms with Crippen LogP contribution in [0, 0.1) is 0 Å². The van der Waals surface area contributed by atoms with Crippen LogP contribution in [-0.2, 0) is 11.8 Å². The van der Waals surface area contributed by atoms with Gasteiger partial charge in [-0.1, -0.05) is 18.3 Å². The Hall–Kier alpha value is -1.50. The van der Waals surface area contributed by atoms with Gasteiger partial charge in [-0.25, -0.2) is 4.79 Å². The van der Waals surface area contributed by atoms with Crippen molar-refractivity contribution >= 4 is 23.7 Å². The fourth-order valence-electron chi connectivity index (χ4n) is 0.665. The highest BCUT2D eigenvalue weighted by molar-refractivity contribution is 7.99. The SMILES string of the molecule is C=C(CSc1nnc(N)n1C)C(=O)O. The molecule has 0 aromatic carbocycles. The van der Waals surface area contributed by atoms with Crippen LogP contribution in [0.15, 0.2) is 17.3 Å². The molecule has 7 heteroatoms. The van der Waals surface area contributed by atoms with Gasteiger partial charge in [-0.05, 0) is 0 Å². The molecular formula is C7H10N4O2S. The summed E-state index contributed by atoms with van der Waals surface area (Å²) in [5.74, 6) is -0.442. The molecule has 76 valence electrons. The molecule has 0 aliphatic carbocycles. The average Bonchev–Trinajstić information content (AvgIpc) is 2.44. The number of thioether (sulfide) groups is 1. The fraction of sp³-hybridized carbons (Fsp3) is 0.286. The van der Waals surface area contributed by atoms with E-state index >= 15 is 0 Å². The van der Waals surface area contributed by atoms with Gasteiger partial charge in [0.1, 0.15) is 0 Å². The number of nitrogens with zero attached hydrogens (tertiary/aromatic N) is 3. The lowest BCUT2D eigenvalue weighted by molar-refractivity contribution is -0.132. The van der Waals surface area contributed by atoms with E-state index < -0.39 is 5.97 Å². The number of carboxylic acids is 1. The van der Waals surface area contributed by atoms with Gasteiger partial charge in [-0.15, -0.1) is 10.2 Å². The van der Waals surface area contributed by atoms with Crippen LogP contribution in [0.25, 0.3) is 0 Å². The summed E-state index contributed by atoms with van der Waals surface area (Å²) >= 11 is 1.23. The van der Waals surface area contributed by atoms with E-state index in [0.717, 1.165) is 0 Å². The Bertz CT molecular complexity index is 374. The number of carboxylic acid groups (broad SMARTS) is 1. The highest BCUT2D eigenvalue weighted by atomic mass is 32.2. The maximum Gasteiger partial charge on any atom is 0.331 e. The summed E-state index contributed by atoms with van der Waals surface area (Å²) in [5.41, 5.74) is 5.57. The first-order chi connectivity index (χ1) is 6.52. The quantitative estimate of drug-likeness (QED) is 0.546. The molecule has 0 aliphatic heterocycles. The minimum atomic E-state index is -1.01. The Balaban J connectivity index is 2.58. The molecule has 0 fully saturated rings. The number of carbonyl (C=O) groups is 1. The summed E-state index contributed by atoms with van der Waals surface area (Å²) in [4.78, 5) is 10.4. The van der Waals surface area contributed by atoms with Crippen LogP contribution in [0.4, 0.5) is 5.95 Å². The summed E-state index contributed by atoms with van der Waals surface area (Å²) in [5, 5.41) is 16.5. The molecule has 1 aromatic rings. The molecule has 0 unspecified atom stereocenters. The van der Waals surface area contributed by atoms with E-state index in [4.69, 9.17) is 10.8 Å². The van der Waals surface area contributed by atoms with Crippen LogP contribution in [0.2, 0.25) is 0 Å². The predicted octanol–water partition coefficient (Wildman–Crippen LogP) is 0.130. The van der Waals surface area contributed by atoms with Crippen molar-refractivity contribution in [3.63, 3.8) is 0 Å².